The van der Waals surface area contributed by atoms with Crippen LogP contribution >= 0.6 is 0 Å². The van der Waals surface area contributed by atoms with Crippen molar-refractivity contribution in [3.05, 3.63) is 71.8 Å². The summed E-state index contributed by atoms with van der Waals surface area (Å²) >= 11 is 0. The van der Waals surface area contributed by atoms with Crippen LogP contribution < -0.4 is 0 Å². The zero-order chi connectivity index (χ0) is 21.5. The molecule has 0 atom stereocenters. The minimum absolute atomic E-state index is 0.942. The normalized spacial score (nSPS) is 11.6. The van der Waals surface area contributed by atoms with E-state index in [0.717, 1.165) is 35.2 Å². The Morgan fingerprint density at radius 2 is 0.871 bits per heavy atom. The lowest BCUT2D eigenvalue weighted by Gasteiger charge is -2.00. The molecule has 156 valence electrons. The molecule has 4 aromatic carbocycles. The lowest BCUT2D eigenvalue weighted by Crippen LogP contribution is -1.79. The van der Waals surface area contributed by atoms with E-state index in [9.17, 15) is 0 Å². The van der Waals surface area contributed by atoms with Crippen LogP contribution in [0.25, 0.3) is 54.6 Å². The summed E-state index contributed by atoms with van der Waals surface area (Å²) in [6, 6.07) is 21.8. The molecule has 0 aliphatic carbocycles. The Labute approximate surface area is 182 Å². The van der Waals surface area contributed by atoms with Crippen LogP contribution in [0.1, 0.15) is 45.2 Å². The Kier molecular flexibility index (Phi) is 4.94. The standard InChI is InChI=1S/C26H20O2.C3H8/c1-3-15-5-7-23-19(9-15)21-11-17-14-26-22(12-18(17)13-25(21)27-23)20-10-16(4-2)6-8-24(20)28-26;1-3-2/h5-14H,3-4H2,1-2H3;3H2,1-2H3. The highest BCUT2D eigenvalue weighted by molar-refractivity contribution is 6.15. The molecule has 0 spiro atoms. The molecule has 0 fully saturated rings. The van der Waals surface area contributed by atoms with Crippen LogP contribution in [0.3, 0.4) is 0 Å². The van der Waals surface area contributed by atoms with Crippen molar-refractivity contribution in [3.63, 3.8) is 0 Å². The van der Waals surface area contributed by atoms with Gasteiger partial charge in [-0.1, -0.05) is 46.2 Å². The second-order valence-electron chi connectivity index (χ2n) is 8.32. The minimum atomic E-state index is 0.942. The summed E-state index contributed by atoms with van der Waals surface area (Å²) < 4.78 is 12.3. The van der Waals surface area contributed by atoms with Crippen molar-refractivity contribution in [3.8, 4) is 0 Å². The zero-order valence-electron chi connectivity index (χ0n) is 18.7. The summed E-state index contributed by atoms with van der Waals surface area (Å²) in [5.41, 5.74) is 6.44. The van der Waals surface area contributed by atoms with Gasteiger partial charge < -0.3 is 8.83 Å². The minimum Gasteiger partial charge on any atom is -0.456 e. The second-order valence-corrected chi connectivity index (χ2v) is 8.32. The predicted octanol–water partition coefficient (Wildman–Crippen LogP) is 9.18. The van der Waals surface area contributed by atoms with Gasteiger partial charge in [-0.15, -0.1) is 0 Å². The van der Waals surface area contributed by atoms with E-state index in [1.54, 1.807) is 0 Å². The molecule has 2 aromatic heterocycles. The lowest BCUT2D eigenvalue weighted by atomic mass is 10.0. The van der Waals surface area contributed by atoms with E-state index in [2.05, 4.69) is 88.4 Å². The van der Waals surface area contributed by atoms with Crippen molar-refractivity contribution >= 4 is 54.6 Å². The van der Waals surface area contributed by atoms with Gasteiger partial charge in [-0.05, 0) is 83.3 Å². The van der Waals surface area contributed by atoms with Crippen LogP contribution in [0.4, 0.5) is 0 Å². The van der Waals surface area contributed by atoms with Crippen molar-refractivity contribution in [1.82, 2.24) is 0 Å². The van der Waals surface area contributed by atoms with E-state index in [1.165, 1.54) is 49.9 Å². The first-order valence-corrected chi connectivity index (χ1v) is 11.4. The molecule has 2 nitrogen and oxygen atoms in total. The fourth-order valence-corrected chi connectivity index (χ4v) is 4.33. The molecule has 6 aromatic rings. The van der Waals surface area contributed by atoms with Gasteiger partial charge >= 0.3 is 0 Å². The maximum absolute atomic E-state index is 6.15. The molecule has 0 amide bonds. The van der Waals surface area contributed by atoms with Gasteiger partial charge in [0, 0.05) is 21.5 Å². The van der Waals surface area contributed by atoms with Gasteiger partial charge in [-0.2, -0.15) is 0 Å². The highest BCUT2D eigenvalue weighted by Crippen LogP contribution is 2.37. The maximum Gasteiger partial charge on any atom is 0.136 e. The number of furan rings is 2. The van der Waals surface area contributed by atoms with Crippen LogP contribution in [0, 0.1) is 0 Å². The van der Waals surface area contributed by atoms with Crippen LogP contribution in [0.2, 0.25) is 0 Å². The van der Waals surface area contributed by atoms with Crippen LogP contribution in [-0.4, -0.2) is 0 Å². The van der Waals surface area contributed by atoms with Gasteiger partial charge in [0.25, 0.3) is 0 Å². The van der Waals surface area contributed by atoms with Crippen molar-refractivity contribution < 1.29 is 8.83 Å². The molecule has 0 saturated carbocycles. The monoisotopic (exact) mass is 408 g/mol. The highest BCUT2D eigenvalue weighted by atomic mass is 16.3. The molecule has 0 aliphatic rings. The fraction of sp³-hybridized carbons (Fsp3) is 0.241. The lowest BCUT2D eigenvalue weighted by molar-refractivity contribution is 0.668. The summed E-state index contributed by atoms with van der Waals surface area (Å²) in [4.78, 5) is 0. The van der Waals surface area contributed by atoms with E-state index in [4.69, 9.17) is 8.83 Å². The van der Waals surface area contributed by atoms with Crippen LogP contribution in [-0.2, 0) is 12.8 Å². The third-order valence-electron chi connectivity index (χ3n) is 5.96. The van der Waals surface area contributed by atoms with Crippen molar-refractivity contribution in [2.75, 3.05) is 0 Å². The fourth-order valence-electron chi connectivity index (χ4n) is 4.33. The molecule has 0 unspecified atom stereocenters. The van der Waals surface area contributed by atoms with E-state index < -0.39 is 0 Å². The molecular weight excluding hydrogens is 380 g/mol. The largest absolute Gasteiger partial charge is 0.456 e. The Balaban J connectivity index is 0.000000646. The van der Waals surface area contributed by atoms with Gasteiger partial charge in [0.2, 0.25) is 0 Å². The number of hydrogen-bond donors (Lipinski definition) is 0. The number of aryl methyl sites for hydroxylation is 2. The molecule has 0 aliphatic heterocycles. The summed E-state index contributed by atoms with van der Waals surface area (Å²) in [7, 11) is 0. The molecular formula is C29H28O2. The zero-order valence-corrected chi connectivity index (χ0v) is 18.7. The molecule has 0 bridgehead atoms. The molecule has 0 saturated heterocycles. The third kappa shape index (κ3) is 3.27. The SMILES string of the molecule is CCC.CCc1ccc2oc3cc4cc5c(cc4cc3c2c1)oc1ccc(CC)cc15. The second kappa shape index (κ2) is 7.77. The van der Waals surface area contributed by atoms with E-state index in [0.29, 0.717) is 0 Å². The topological polar surface area (TPSA) is 26.3 Å². The average molecular weight is 409 g/mol. The van der Waals surface area contributed by atoms with Crippen molar-refractivity contribution in [2.24, 2.45) is 0 Å². The summed E-state index contributed by atoms with van der Waals surface area (Å²) in [6.45, 7) is 8.61. The quantitative estimate of drug-likeness (QED) is 0.285. The van der Waals surface area contributed by atoms with Crippen LogP contribution in [0.5, 0.6) is 0 Å². The molecule has 6 rings (SSSR count). The highest BCUT2D eigenvalue weighted by Gasteiger charge is 2.13. The van der Waals surface area contributed by atoms with Gasteiger partial charge in [0.15, 0.2) is 0 Å². The molecule has 0 radical (unpaired) electrons. The Morgan fingerprint density at radius 1 is 0.484 bits per heavy atom. The first-order valence-electron chi connectivity index (χ1n) is 11.4. The Hall–Kier alpha value is -3.26. The smallest absolute Gasteiger partial charge is 0.136 e. The van der Waals surface area contributed by atoms with E-state index in [1.807, 2.05) is 0 Å². The van der Waals surface area contributed by atoms with E-state index >= 15 is 0 Å². The predicted molar refractivity (Wildman–Crippen MR) is 133 cm³/mol. The van der Waals surface area contributed by atoms with E-state index in [-0.39, 0.29) is 0 Å². The summed E-state index contributed by atoms with van der Waals surface area (Å²) in [5.74, 6) is 0. The third-order valence-corrected chi connectivity index (χ3v) is 5.96. The Morgan fingerprint density at radius 3 is 1.26 bits per heavy atom. The summed E-state index contributed by atoms with van der Waals surface area (Å²) in [6.07, 6.45) is 3.30. The van der Waals surface area contributed by atoms with Gasteiger partial charge in [-0.3, -0.25) is 0 Å². The molecule has 2 heteroatoms. The first kappa shape index (κ1) is 19.7. The Bertz CT molecular complexity index is 1430. The number of rotatable bonds is 2. The maximum atomic E-state index is 6.15. The first-order chi connectivity index (χ1) is 15.1. The van der Waals surface area contributed by atoms with Gasteiger partial charge in [-0.25, -0.2) is 0 Å². The molecule has 2 heterocycles. The molecule has 0 N–H and O–H groups in total. The van der Waals surface area contributed by atoms with Gasteiger partial charge in [0.1, 0.15) is 22.3 Å². The average Bonchev–Trinajstić information content (AvgIpc) is 3.32. The van der Waals surface area contributed by atoms with Crippen molar-refractivity contribution in [1.29, 1.82) is 0 Å². The summed E-state index contributed by atoms with van der Waals surface area (Å²) in [5, 5.41) is 7.07. The molecule has 31 heavy (non-hydrogen) atoms. The number of fused-ring (bicyclic) bond motifs is 7. The van der Waals surface area contributed by atoms with Crippen molar-refractivity contribution in [2.45, 2.75) is 47.0 Å². The van der Waals surface area contributed by atoms with Gasteiger partial charge in [0.05, 0.1) is 0 Å². The number of benzene rings is 4. The number of hydrogen-bond acceptors (Lipinski definition) is 2. The van der Waals surface area contributed by atoms with Crippen LogP contribution in [0.15, 0.2) is 69.5 Å².